The van der Waals surface area contributed by atoms with Crippen LogP contribution in [0, 0.1) is 6.92 Å². The molecule has 1 atom stereocenters. The molecule has 2 N–H and O–H groups in total. The largest absolute Gasteiger partial charge is 0.382 e. The van der Waals surface area contributed by atoms with Gasteiger partial charge in [-0.2, -0.15) is 0 Å². The zero-order valence-electron chi connectivity index (χ0n) is 18.3. The van der Waals surface area contributed by atoms with Crippen LogP contribution in [0.1, 0.15) is 24.7 Å². The van der Waals surface area contributed by atoms with E-state index < -0.39 is 11.9 Å². The van der Waals surface area contributed by atoms with E-state index in [4.69, 9.17) is 9.47 Å². The zero-order chi connectivity index (χ0) is 22.5. The molecular weight excluding hydrogens is 414 g/mol. The van der Waals surface area contributed by atoms with Gasteiger partial charge in [-0.05, 0) is 25.5 Å². The van der Waals surface area contributed by atoms with Crippen LogP contribution >= 0.6 is 0 Å². The van der Waals surface area contributed by atoms with E-state index in [0.29, 0.717) is 42.2 Å². The van der Waals surface area contributed by atoms with Crippen molar-refractivity contribution in [2.45, 2.75) is 25.8 Å². The van der Waals surface area contributed by atoms with Gasteiger partial charge in [0.15, 0.2) is 0 Å². The summed E-state index contributed by atoms with van der Waals surface area (Å²) in [5, 5.41) is 6.01. The number of nitrogens with zero attached hydrogens (tertiary/aromatic N) is 3. The second-order valence-corrected chi connectivity index (χ2v) is 7.99. The van der Waals surface area contributed by atoms with E-state index in [1.165, 1.54) is 4.57 Å². The molecule has 172 valence electrons. The summed E-state index contributed by atoms with van der Waals surface area (Å²) in [7, 11) is 0. The number of aromatic nitrogens is 2. The summed E-state index contributed by atoms with van der Waals surface area (Å²) in [4.78, 5) is 44.1. The Labute approximate surface area is 185 Å². The van der Waals surface area contributed by atoms with E-state index in [9.17, 15) is 14.4 Å². The van der Waals surface area contributed by atoms with Crippen molar-refractivity contribution < 1.29 is 19.1 Å². The predicted molar refractivity (Wildman–Crippen MR) is 119 cm³/mol. The van der Waals surface area contributed by atoms with E-state index in [0.717, 1.165) is 32.8 Å². The van der Waals surface area contributed by atoms with Crippen LogP contribution in [0.15, 0.2) is 23.0 Å². The number of nitrogens with one attached hydrogen (secondary N) is 2. The average Bonchev–Trinajstić information content (AvgIpc) is 2.78. The molecule has 0 bridgehead atoms. The summed E-state index contributed by atoms with van der Waals surface area (Å²) in [6.45, 7) is 7.66. The molecule has 2 aromatic rings. The molecule has 0 saturated carbocycles. The summed E-state index contributed by atoms with van der Waals surface area (Å²) in [6.07, 6.45) is 0.479. The number of amides is 2. The molecule has 2 amide bonds. The highest BCUT2D eigenvalue weighted by Crippen LogP contribution is 2.23. The van der Waals surface area contributed by atoms with Gasteiger partial charge in [-0.3, -0.25) is 29.2 Å². The minimum Gasteiger partial charge on any atom is -0.382 e. The summed E-state index contributed by atoms with van der Waals surface area (Å²) in [6, 6.07) is 4.70. The van der Waals surface area contributed by atoms with Crippen molar-refractivity contribution in [2.75, 3.05) is 57.9 Å². The van der Waals surface area contributed by atoms with Crippen molar-refractivity contribution in [3.05, 3.63) is 34.4 Å². The van der Waals surface area contributed by atoms with E-state index in [2.05, 4.69) is 20.5 Å². The molecule has 0 aliphatic carbocycles. The highest BCUT2D eigenvalue weighted by Gasteiger charge is 2.30. The maximum Gasteiger partial charge on any atom is 0.264 e. The van der Waals surface area contributed by atoms with Crippen LogP contribution in [0.3, 0.4) is 0 Å². The molecule has 4 rings (SSSR count). The van der Waals surface area contributed by atoms with E-state index in [1.54, 1.807) is 13.0 Å². The number of aryl methyl sites for hydroxylation is 1. The average molecular weight is 444 g/mol. The number of piperidine rings is 1. The number of rotatable bonds is 8. The van der Waals surface area contributed by atoms with Gasteiger partial charge in [0.05, 0.1) is 37.3 Å². The smallest absolute Gasteiger partial charge is 0.264 e. The van der Waals surface area contributed by atoms with E-state index >= 15 is 0 Å². The number of anilines is 1. The van der Waals surface area contributed by atoms with Gasteiger partial charge in [0, 0.05) is 38.3 Å². The van der Waals surface area contributed by atoms with Crippen molar-refractivity contribution in [1.29, 1.82) is 0 Å². The molecule has 1 aromatic heterocycles. The van der Waals surface area contributed by atoms with Crippen LogP contribution < -0.4 is 16.2 Å². The standard InChI is InChI=1S/C22H29N5O5/c1-15-24-17-4-2-3-16(23-7-11-31-12-8-26-9-13-32-14-10-26)20(17)22(30)27(15)18-5-6-19(28)25-21(18)29/h2-4,18,23H,5-14H2,1H3,(H,25,28,29). The Hall–Kier alpha value is -2.82. The Bertz CT molecular complexity index is 1050. The number of hydrogen-bond donors (Lipinski definition) is 2. The summed E-state index contributed by atoms with van der Waals surface area (Å²) in [5.41, 5.74) is 0.922. The first-order chi connectivity index (χ1) is 15.5. The number of imide groups is 1. The fourth-order valence-electron chi connectivity index (χ4n) is 4.17. The second-order valence-electron chi connectivity index (χ2n) is 7.99. The Morgan fingerprint density at radius 3 is 2.81 bits per heavy atom. The molecule has 3 heterocycles. The molecule has 10 heteroatoms. The molecule has 2 saturated heterocycles. The Balaban J connectivity index is 1.43. The molecular formula is C22H29N5O5. The lowest BCUT2D eigenvalue weighted by Crippen LogP contribution is -2.45. The number of fused-ring (bicyclic) bond motifs is 1. The molecule has 32 heavy (non-hydrogen) atoms. The first-order valence-corrected chi connectivity index (χ1v) is 11.0. The molecule has 2 aliphatic heterocycles. The number of hydrogen-bond acceptors (Lipinski definition) is 8. The third-order valence-electron chi connectivity index (χ3n) is 5.85. The van der Waals surface area contributed by atoms with Gasteiger partial charge in [-0.1, -0.05) is 6.07 Å². The fourth-order valence-corrected chi connectivity index (χ4v) is 4.17. The van der Waals surface area contributed by atoms with Crippen LogP contribution in [0.25, 0.3) is 10.9 Å². The monoisotopic (exact) mass is 443 g/mol. The van der Waals surface area contributed by atoms with Crippen molar-refractivity contribution in [1.82, 2.24) is 19.8 Å². The topological polar surface area (TPSA) is 115 Å². The van der Waals surface area contributed by atoms with Crippen molar-refractivity contribution in [2.24, 2.45) is 0 Å². The molecule has 2 fully saturated rings. The van der Waals surface area contributed by atoms with Crippen molar-refractivity contribution in [3.63, 3.8) is 0 Å². The number of benzene rings is 1. The Morgan fingerprint density at radius 2 is 2.03 bits per heavy atom. The third kappa shape index (κ3) is 4.98. The molecule has 10 nitrogen and oxygen atoms in total. The minimum atomic E-state index is -0.742. The minimum absolute atomic E-state index is 0.196. The van der Waals surface area contributed by atoms with E-state index in [-0.39, 0.29) is 24.3 Å². The van der Waals surface area contributed by atoms with Crippen LogP contribution in [0.4, 0.5) is 5.69 Å². The van der Waals surface area contributed by atoms with Gasteiger partial charge >= 0.3 is 0 Å². The predicted octanol–water partition coefficient (Wildman–Crippen LogP) is 0.443. The van der Waals surface area contributed by atoms with Gasteiger partial charge in [0.25, 0.3) is 5.56 Å². The Morgan fingerprint density at radius 1 is 1.22 bits per heavy atom. The lowest BCUT2D eigenvalue weighted by atomic mass is 10.1. The van der Waals surface area contributed by atoms with Gasteiger partial charge in [0.1, 0.15) is 11.9 Å². The van der Waals surface area contributed by atoms with Crippen LogP contribution in [-0.4, -0.2) is 78.9 Å². The van der Waals surface area contributed by atoms with Crippen LogP contribution in [-0.2, 0) is 19.1 Å². The molecule has 2 aliphatic rings. The molecule has 0 radical (unpaired) electrons. The van der Waals surface area contributed by atoms with Crippen molar-refractivity contribution in [3.8, 4) is 0 Å². The first-order valence-electron chi connectivity index (χ1n) is 11.0. The third-order valence-corrected chi connectivity index (χ3v) is 5.85. The quantitative estimate of drug-likeness (QED) is 0.446. The lowest BCUT2D eigenvalue weighted by molar-refractivity contribution is -0.135. The lowest BCUT2D eigenvalue weighted by Gasteiger charge is -2.26. The number of ether oxygens (including phenoxy) is 2. The number of carbonyl (C=O) groups excluding carboxylic acids is 2. The summed E-state index contributed by atoms with van der Waals surface area (Å²) >= 11 is 0. The number of carbonyl (C=O) groups is 2. The van der Waals surface area contributed by atoms with Gasteiger partial charge in [-0.25, -0.2) is 4.98 Å². The highest BCUT2D eigenvalue weighted by molar-refractivity contribution is 5.99. The second kappa shape index (κ2) is 10.2. The van der Waals surface area contributed by atoms with Gasteiger partial charge < -0.3 is 14.8 Å². The van der Waals surface area contributed by atoms with Gasteiger partial charge in [-0.15, -0.1) is 0 Å². The fraction of sp³-hybridized carbons (Fsp3) is 0.545. The van der Waals surface area contributed by atoms with Crippen molar-refractivity contribution >= 4 is 28.4 Å². The maximum absolute atomic E-state index is 13.4. The summed E-state index contributed by atoms with van der Waals surface area (Å²) < 4.78 is 12.5. The summed E-state index contributed by atoms with van der Waals surface area (Å²) in [5.74, 6) is -0.339. The van der Waals surface area contributed by atoms with Crippen LogP contribution in [0.2, 0.25) is 0 Å². The Kier molecular flexibility index (Phi) is 7.13. The number of morpholine rings is 1. The molecule has 1 aromatic carbocycles. The SMILES string of the molecule is Cc1nc2cccc(NCCOCCN3CCOCC3)c2c(=O)n1C1CCC(=O)NC1=O. The van der Waals surface area contributed by atoms with Gasteiger partial charge in [0.2, 0.25) is 11.8 Å². The maximum atomic E-state index is 13.4. The first kappa shape index (κ1) is 22.4. The zero-order valence-corrected chi connectivity index (χ0v) is 18.3. The normalized spacial score (nSPS) is 19.8. The molecule has 1 unspecified atom stereocenters. The van der Waals surface area contributed by atoms with E-state index in [1.807, 2.05) is 12.1 Å². The van der Waals surface area contributed by atoms with Crippen LogP contribution in [0.5, 0.6) is 0 Å². The highest BCUT2D eigenvalue weighted by atomic mass is 16.5. The molecule has 0 spiro atoms.